The maximum atomic E-state index is 13.1. The van der Waals surface area contributed by atoms with Crippen molar-refractivity contribution in [3.8, 4) is 0 Å². The number of Topliss-reactive ketones (excluding diaryl/α,β-unsaturated/α-hetero) is 1. The van der Waals surface area contributed by atoms with E-state index in [-0.39, 0.29) is 17.6 Å². The van der Waals surface area contributed by atoms with Crippen LogP contribution in [0.1, 0.15) is 66.2 Å². The second-order valence-corrected chi connectivity index (χ2v) is 9.33. The lowest BCUT2D eigenvalue weighted by Gasteiger charge is -2.65. The van der Waals surface area contributed by atoms with Gasteiger partial charge in [0.05, 0.1) is 5.41 Å². The van der Waals surface area contributed by atoms with E-state index in [0.29, 0.717) is 12.8 Å². The molecule has 2 saturated carbocycles. The van der Waals surface area contributed by atoms with Gasteiger partial charge < -0.3 is 5.11 Å². The Morgan fingerprint density at radius 3 is 2.48 bits per heavy atom. The van der Waals surface area contributed by atoms with E-state index in [9.17, 15) is 14.7 Å². The molecule has 5 atom stereocenters. The molecule has 5 unspecified atom stereocenters. The molecule has 1 spiro atoms. The smallest absolute Gasteiger partial charge is 0.309 e. The monoisotopic (exact) mass is 348 g/mol. The molecule has 25 heavy (non-hydrogen) atoms. The van der Waals surface area contributed by atoms with Crippen LogP contribution in [0.4, 0.5) is 0 Å². The summed E-state index contributed by atoms with van der Waals surface area (Å²) in [4.78, 5) is 37.1. The molecule has 138 valence electrons. The van der Waals surface area contributed by atoms with Gasteiger partial charge >= 0.3 is 5.97 Å². The van der Waals surface area contributed by atoms with Crippen molar-refractivity contribution in [3.05, 3.63) is 11.6 Å². The maximum absolute atomic E-state index is 13.1. The molecule has 3 aliphatic carbocycles. The van der Waals surface area contributed by atoms with E-state index in [1.165, 1.54) is 0 Å². The van der Waals surface area contributed by atoms with Gasteiger partial charge in [-0.3, -0.25) is 9.59 Å². The third kappa shape index (κ3) is 1.86. The van der Waals surface area contributed by atoms with Crippen molar-refractivity contribution in [2.75, 3.05) is 0 Å². The SMILES string of the molecule is CC(C)C12C=C3C(=O)CC4C(C)(C(=O)O)CCCC4(C)C3(CC1)OO2. The summed E-state index contributed by atoms with van der Waals surface area (Å²) in [5, 5.41) is 9.92. The second kappa shape index (κ2) is 4.95. The number of aliphatic carboxylic acids is 1. The Hall–Kier alpha value is -1.20. The molecule has 5 heteroatoms. The predicted octanol–water partition coefficient (Wildman–Crippen LogP) is 3.67. The average Bonchev–Trinajstić information content (AvgIpc) is 2.58. The van der Waals surface area contributed by atoms with Gasteiger partial charge in [0.25, 0.3) is 0 Å². The highest BCUT2D eigenvalue weighted by Crippen LogP contribution is 2.67. The fourth-order valence-electron chi connectivity index (χ4n) is 6.15. The van der Waals surface area contributed by atoms with Crippen molar-refractivity contribution in [1.29, 1.82) is 0 Å². The van der Waals surface area contributed by atoms with Gasteiger partial charge in [0.15, 0.2) is 5.78 Å². The van der Waals surface area contributed by atoms with Crippen LogP contribution in [-0.2, 0) is 19.4 Å². The first-order valence-electron chi connectivity index (χ1n) is 9.48. The van der Waals surface area contributed by atoms with Crippen molar-refractivity contribution in [2.45, 2.75) is 77.4 Å². The van der Waals surface area contributed by atoms with Crippen LogP contribution in [-0.4, -0.2) is 28.1 Å². The summed E-state index contributed by atoms with van der Waals surface area (Å²) in [5.74, 6) is -0.773. The summed E-state index contributed by atoms with van der Waals surface area (Å²) in [6.45, 7) is 8.09. The van der Waals surface area contributed by atoms with Crippen LogP contribution in [0.5, 0.6) is 0 Å². The molecule has 5 rings (SSSR count). The third-order valence-electron chi connectivity index (χ3n) is 8.04. The van der Waals surface area contributed by atoms with Crippen molar-refractivity contribution in [3.63, 3.8) is 0 Å². The molecule has 2 aliphatic heterocycles. The van der Waals surface area contributed by atoms with Crippen LogP contribution >= 0.6 is 0 Å². The quantitative estimate of drug-likeness (QED) is 0.771. The maximum Gasteiger partial charge on any atom is 0.309 e. The van der Waals surface area contributed by atoms with E-state index in [4.69, 9.17) is 9.78 Å². The van der Waals surface area contributed by atoms with E-state index >= 15 is 0 Å². The number of hydrogen-bond donors (Lipinski definition) is 1. The van der Waals surface area contributed by atoms with Crippen LogP contribution in [0.3, 0.4) is 0 Å². The fourth-order valence-corrected chi connectivity index (χ4v) is 6.15. The van der Waals surface area contributed by atoms with Crippen molar-refractivity contribution in [1.82, 2.24) is 0 Å². The highest BCUT2D eigenvalue weighted by atomic mass is 17.2. The van der Waals surface area contributed by atoms with Crippen LogP contribution in [0, 0.1) is 22.7 Å². The molecule has 3 fully saturated rings. The third-order valence-corrected chi connectivity index (χ3v) is 8.04. The standard InChI is InChI=1S/C20H28O5/c1-12(2)19-8-9-20(25-24-19)13(11-19)14(21)10-15-17(3,16(22)23)6-5-7-18(15,20)4/h11-12,15H,5-10H2,1-4H3,(H,22,23). The van der Waals surface area contributed by atoms with Gasteiger partial charge in [-0.2, -0.15) is 0 Å². The minimum absolute atomic E-state index is 0.0462. The Balaban J connectivity index is 1.87. The minimum Gasteiger partial charge on any atom is -0.481 e. The average molecular weight is 348 g/mol. The number of fused-ring (bicyclic) bond motifs is 3. The molecular formula is C20H28O5. The van der Waals surface area contributed by atoms with E-state index in [1.807, 2.05) is 6.08 Å². The van der Waals surface area contributed by atoms with E-state index in [1.54, 1.807) is 6.92 Å². The Bertz CT molecular complexity index is 670. The van der Waals surface area contributed by atoms with Gasteiger partial charge in [-0.1, -0.05) is 27.2 Å². The molecule has 2 heterocycles. The van der Waals surface area contributed by atoms with Gasteiger partial charge in [0.1, 0.15) is 11.2 Å². The zero-order valence-electron chi connectivity index (χ0n) is 15.6. The molecule has 1 N–H and O–H groups in total. The number of carboxylic acids is 1. The first-order chi connectivity index (χ1) is 11.6. The Labute approximate surface area is 148 Å². The summed E-state index contributed by atoms with van der Waals surface area (Å²) in [7, 11) is 0. The molecule has 0 amide bonds. The first-order valence-corrected chi connectivity index (χ1v) is 9.48. The molecule has 0 aromatic rings. The largest absolute Gasteiger partial charge is 0.481 e. The number of carbonyl (C=O) groups excluding carboxylic acids is 1. The second-order valence-electron chi connectivity index (χ2n) is 9.33. The zero-order chi connectivity index (χ0) is 18.3. The molecule has 1 saturated heterocycles. The molecule has 0 radical (unpaired) electrons. The van der Waals surface area contributed by atoms with Gasteiger partial charge in [-0.05, 0) is 50.5 Å². The van der Waals surface area contributed by atoms with Crippen molar-refractivity contribution >= 4 is 11.8 Å². The lowest BCUT2D eigenvalue weighted by molar-refractivity contribution is -0.462. The van der Waals surface area contributed by atoms with Gasteiger partial charge in [0, 0.05) is 17.4 Å². The van der Waals surface area contributed by atoms with Gasteiger partial charge in [-0.25, -0.2) is 9.78 Å². The summed E-state index contributed by atoms with van der Waals surface area (Å²) in [6, 6.07) is 0. The zero-order valence-corrected chi connectivity index (χ0v) is 15.6. The Morgan fingerprint density at radius 2 is 1.92 bits per heavy atom. The van der Waals surface area contributed by atoms with E-state index in [0.717, 1.165) is 31.3 Å². The number of hydrogen-bond acceptors (Lipinski definition) is 4. The highest BCUT2D eigenvalue weighted by molar-refractivity contribution is 6.00. The summed E-state index contributed by atoms with van der Waals surface area (Å²) in [5.41, 5.74) is -1.87. The lowest BCUT2D eigenvalue weighted by Crippen LogP contribution is -2.69. The molecule has 0 aromatic heterocycles. The van der Waals surface area contributed by atoms with Crippen LogP contribution in [0.2, 0.25) is 0 Å². The molecule has 0 aromatic carbocycles. The van der Waals surface area contributed by atoms with Crippen LogP contribution in [0.15, 0.2) is 11.6 Å². The number of ketones is 1. The van der Waals surface area contributed by atoms with Crippen molar-refractivity contribution in [2.24, 2.45) is 22.7 Å². The highest BCUT2D eigenvalue weighted by Gasteiger charge is 2.71. The molecule has 5 aliphatic rings. The Morgan fingerprint density at radius 1 is 1.20 bits per heavy atom. The topological polar surface area (TPSA) is 72.8 Å². The Kier molecular flexibility index (Phi) is 3.41. The van der Waals surface area contributed by atoms with Gasteiger partial charge in [0.2, 0.25) is 0 Å². The van der Waals surface area contributed by atoms with Gasteiger partial charge in [-0.15, -0.1) is 0 Å². The first kappa shape index (κ1) is 17.2. The van der Waals surface area contributed by atoms with E-state index in [2.05, 4.69) is 20.8 Å². The number of carbonyl (C=O) groups is 2. The van der Waals surface area contributed by atoms with Crippen molar-refractivity contribution < 1.29 is 24.5 Å². The van der Waals surface area contributed by atoms with Crippen LogP contribution in [0.25, 0.3) is 0 Å². The number of rotatable bonds is 2. The molecule has 2 bridgehead atoms. The molecule has 5 nitrogen and oxygen atoms in total. The minimum atomic E-state index is -0.893. The normalized spacial score (nSPS) is 48.8. The summed E-state index contributed by atoms with van der Waals surface area (Å²) < 4.78 is 0. The van der Waals surface area contributed by atoms with Crippen LogP contribution < -0.4 is 0 Å². The number of carboxylic acid groups (broad SMARTS) is 1. The summed E-state index contributed by atoms with van der Waals surface area (Å²) >= 11 is 0. The molecular weight excluding hydrogens is 320 g/mol. The summed E-state index contributed by atoms with van der Waals surface area (Å²) in [6.07, 6.45) is 6.16. The lowest BCUT2D eigenvalue weighted by atomic mass is 9.43. The predicted molar refractivity (Wildman–Crippen MR) is 90.6 cm³/mol. The fraction of sp³-hybridized carbons (Fsp3) is 0.800. The van der Waals surface area contributed by atoms with E-state index < -0.39 is 28.0 Å².